The van der Waals surface area contributed by atoms with E-state index in [-0.39, 0.29) is 24.8 Å². The lowest BCUT2D eigenvalue weighted by Crippen LogP contribution is -2.41. The van der Waals surface area contributed by atoms with Gasteiger partial charge in [-0.3, -0.25) is 9.59 Å². The standard InChI is InChI=1S/C10H20N2O3/c1-3-4-5-8(11)10(14)12-7-6-9(13)15-2/h8H,3-7,11H2,1-2H3,(H,12,14)/t8-/m0/s1. The molecule has 0 aromatic carbocycles. The Hall–Kier alpha value is -1.10. The number of unbranched alkanes of at least 4 members (excludes halogenated alkanes) is 1. The molecule has 0 unspecified atom stereocenters. The van der Waals surface area contributed by atoms with Crippen molar-refractivity contribution in [1.82, 2.24) is 5.32 Å². The van der Waals surface area contributed by atoms with E-state index in [2.05, 4.69) is 10.1 Å². The summed E-state index contributed by atoms with van der Waals surface area (Å²) in [7, 11) is 1.32. The minimum Gasteiger partial charge on any atom is -0.469 e. The monoisotopic (exact) mass is 216 g/mol. The van der Waals surface area contributed by atoms with Gasteiger partial charge in [-0.25, -0.2) is 0 Å². The van der Waals surface area contributed by atoms with Crippen LogP contribution in [0.1, 0.15) is 32.6 Å². The molecule has 5 nitrogen and oxygen atoms in total. The molecule has 88 valence electrons. The number of nitrogens with one attached hydrogen (secondary N) is 1. The van der Waals surface area contributed by atoms with Crippen molar-refractivity contribution in [3.8, 4) is 0 Å². The van der Waals surface area contributed by atoms with Crippen LogP contribution in [0.5, 0.6) is 0 Å². The fourth-order valence-electron chi connectivity index (χ4n) is 1.08. The Bertz CT molecular complexity index is 207. The van der Waals surface area contributed by atoms with Gasteiger partial charge >= 0.3 is 5.97 Å². The first-order chi connectivity index (χ1) is 7.11. The number of hydrogen-bond acceptors (Lipinski definition) is 4. The SMILES string of the molecule is CCCC[C@H](N)C(=O)NCCC(=O)OC. The number of methoxy groups -OCH3 is 1. The first-order valence-electron chi connectivity index (χ1n) is 5.22. The van der Waals surface area contributed by atoms with E-state index in [1.807, 2.05) is 6.92 Å². The van der Waals surface area contributed by atoms with Crippen molar-refractivity contribution in [2.24, 2.45) is 5.73 Å². The molecule has 0 aliphatic rings. The highest BCUT2D eigenvalue weighted by atomic mass is 16.5. The predicted molar refractivity (Wildman–Crippen MR) is 57.1 cm³/mol. The Morgan fingerprint density at radius 1 is 1.47 bits per heavy atom. The molecule has 0 heterocycles. The lowest BCUT2D eigenvalue weighted by atomic mass is 10.1. The third kappa shape index (κ3) is 6.90. The molecule has 0 rings (SSSR count). The van der Waals surface area contributed by atoms with Crippen LogP contribution in [0.15, 0.2) is 0 Å². The average molecular weight is 216 g/mol. The second kappa shape index (κ2) is 8.23. The minimum atomic E-state index is -0.470. The Morgan fingerprint density at radius 3 is 2.67 bits per heavy atom. The molecule has 0 aromatic heterocycles. The zero-order valence-electron chi connectivity index (χ0n) is 9.41. The molecule has 5 heteroatoms. The van der Waals surface area contributed by atoms with Crippen LogP contribution >= 0.6 is 0 Å². The predicted octanol–water partition coefficient (Wildman–Crippen LogP) is 0.183. The summed E-state index contributed by atoms with van der Waals surface area (Å²) in [6, 6.07) is -0.470. The molecule has 0 saturated carbocycles. The molecular formula is C10H20N2O3. The van der Waals surface area contributed by atoms with Gasteiger partial charge in [-0.1, -0.05) is 19.8 Å². The van der Waals surface area contributed by atoms with Crippen LogP contribution in [0.25, 0.3) is 0 Å². The van der Waals surface area contributed by atoms with Crippen LogP contribution in [0.2, 0.25) is 0 Å². The number of amides is 1. The van der Waals surface area contributed by atoms with Crippen molar-refractivity contribution in [3.63, 3.8) is 0 Å². The van der Waals surface area contributed by atoms with Gasteiger partial charge in [-0.05, 0) is 6.42 Å². The number of hydrogen-bond donors (Lipinski definition) is 2. The molecular weight excluding hydrogens is 196 g/mol. The third-order valence-corrected chi connectivity index (χ3v) is 2.06. The number of carbonyl (C=O) groups excluding carboxylic acids is 2. The highest BCUT2D eigenvalue weighted by molar-refractivity contribution is 5.81. The summed E-state index contributed by atoms with van der Waals surface area (Å²) < 4.78 is 4.44. The molecule has 0 aliphatic heterocycles. The summed E-state index contributed by atoms with van der Waals surface area (Å²) in [5.74, 6) is -0.537. The van der Waals surface area contributed by atoms with Crippen molar-refractivity contribution >= 4 is 11.9 Å². The fraction of sp³-hybridized carbons (Fsp3) is 0.800. The molecule has 1 atom stereocenters. The van der Waals surface area contributed by atoms with Crippen LogP contribution in [0, 0.1) is 0 Å². The topological polar surface area (TPSA) is 81.4 Å². The summed E-state index contributed by atoms with van der Waals surface area (Å²) >= 11 is 0. The van der Waals surface area contributed by atoms with Gasteiger partial charge in [0.1, 0.15) is 0 Å². The molecule has 0 aromatic rings. The Labute approximate surface area is 90.4 Å². The summed E-state index contributed by atoms with van der Waals surface area (Å²) in [5.41, 5.74) is 5.62. The molecule has 3 N–H and O–H groups in total. The number of ether oxygens (including phenoxy) is 1. The van der Waals surface area contributed by atoms with Crippen molar-refractivity contribution in [1.29, 1.82) is 0 Å². The van der Waals surface area contributed by atoms with E-state index in [1.165, 1.54) is 7.11 Å². The average Bonchev–Trinajstić information content (AvgIpc) is 2.25. The van der Waals surface area contributed by atoms with Gasteiger partial charge in [0.15, 0.2) is 0 Å². The molecule has 0 bridgehead atoms. The highest BCUT2D eigenvalue weighted by Gasteiger charge is 2.12. The van der Waals surface area contributed by atoms with Gasteiger partial charge in [0, 0.05) is 6.54 Å². The Balaban J connectivity index is 3.59. The summed E-state index contributed by atoms with van der Waals surface area (Å²) in [4.78, 5) is 22.1. The number of esters is 1. The molecule has 0 saturated heterocycles. The minimum absolute atomic E-state index is 0.183. The third-order valence-electron chi connectivity index (χ3n) is 2.06. The van der Waals surface area contributed by atoms with E-state index in [1.54, 1.807) is 0 Å². The van der Waals surface area contributed by atoms with Crippen molar-refractivity contribution in [3.05, 3.63) is 0 Å². The summed E-state index contributed by atoms with van der Waals surface area (Å²) in [5, 5.41) is 2.59. The lowest BCUT2D eigenvalue weighted by molar-refractivity contribution is -0.140. The van der Waals surface area contributed by atoms with E-state index >= 15 is 0 Å². The van der Waals surface area contributed by atoms with Crippen molar-refractivity contribution < 1.29 is 14.3 Å². The molecule has 0 spiro atoms. The largest absolute Gasteiger partial charge is 0.469 e. The van der Waals surface area contributed by atoms with Crippen molar-refractivity contribution in [2.75, 3.05) is 13.7 Å². The maximum atomic E-state index is 11.3. The van der Waals surface area contributed by atoms with Crippen LogP contribution in [-0.4, -0.2) is 31.6 Å². The van der Waals surface area contributed by atoms with Gasteiger partial charge in [0.05, 0.1) is 19.6 Å². The second-order valence-corrected chi connectivity index (χ2v) is 3.37. The quantitative estimate of drug-likeness (QED) is 0.595. The molecule has 0 fully saturated rings. The van der Waals surface area contributed by atoms with Gasteiger partial charge in [-0.15, -0.1) is 0 Å². The van der Waals surface area contributed by atoms with E-state index < -0.39 is 6.04 Å². The van der Waals surface area contributed by atoms with E-state index in [0.29, 0.717) is 6.42 Å². The fourth-order valence-corrected chi connectivity index (χ4v) is 1.08. The van der Waals surface area contributed by atoms with Gasteiger partial charge in [-0.2, -0.15) is 0 Å². The highest BCUT2D eigenvalue weighted by Crippen LogP contribution is 1.97. The Kier molecular flexibility index (Phi) is 7.62. The van der Waals surface area contributed by atoms with Crippen LogP contribution < -0.4 is 11.1 Å². The molecule has 0 aliphatic carbocycles. The number of carbonyl (C=O) groups is 2. The maximum Gasteiger partial charge on any atom is 0.307 e. The first kappa shape index (κ1) is 13.9. The molecule has 0 radical (unpaired) electrons. The van der Waals surface area contributed by atoms with Gasteiger partial charge in [0.25, 0.3) is 0 Å². The first-order valence-corrected chi connectivity index (χ1v) is 5.22. The van der Waals surface area contributed by atoms with E-state index in [0.717, 1.165) is 12.8 Å². The lowest BCUT2D eigenvalue weighted by Gasteiger charge is -2.10. The zero-order valence-corrected chi connectivity index (χ0v) is 9.41. The van der Waals surface area contributed by atoms with Gasteiger partial charge in [0.2, 0.25) is 5.91 Å². The zero-order chi connectivity index (χ0) is 11.7. The molecule has 15 heavy (non-hydrogen) atoms. The normalized spacial score (nSPS) is 11.9. The van der Waals surface area contributed by atoms with E-state index in [9.17, 15) is 9.59 Å². The summed E-state index contributed by atoms with van der Waals surface area (Å²) in [6.07, 6.45) is 2.82. The van der Waals surface area contributed by atoms with Gasteiger partial charge < -0.3 is 15.8 Å². The van der Waals surface area contributed by atoms with Crippen LogP contribution in [0.4, 0.5) is 0 Å². The molecule has 1 amide bonds. The maximum absolute atomic E-state index is 11.3. The van der Waals surface area contributed by atoms with E-state index in [4.69, 9.17) is 5.73 Å². The van der Waals surface area contributed by atoms with Crippen molar-refractivity contribution in [2.45, 2.75) is 38.6 Å². The number of rotatable bonds is 7. The second-order valence-electron chi connectivity index (χ2n) is 3.37. The summed E-state index contributed by atoms with van der Waals surface area (Å²) in [6.45, 7) is 2.33. The number of nitrogens with two attached hydrogens (primary N) is 1. The van der Waals surface area contributed by atoms with Crippen LogP contribution in [0.3, 0.4) is 0 Å². The Morgan fingerprint density at radius 2 is 2.13 bits per heavy atom. The smallest absolute Gasteiger partial charge is 0.307 e. The van der Waals surface area contributed by atoms with Crippen LogP contribution in [-0.2, 0) is 14.3 Å².